The molecule has 2 N–H and O–H groups in total. The van der Waals surface area contributed by atoms with Gasteiger partial charge in [-0.1, -0.05) is 11.6 Å². The molecule has 8 heteroatoms. The van der Waals surface area contributed by atoms with Crippen molar-refractivity contribution in [3.63, 3.8) is 0 Å². The Kier molecular flexibility index (Phi) is 4.12. The van der Waals surface area contributed by atoms with Crippen molar-refractivity contribution in [1.29, 1.82) is 0 Å². The lowest BCUT2D eigenvalue weighted by Crippen LogP contribution is -2.46. The van der Waals surface area contributed by atoms with E-state index in [2.05, 4.69) is 0 Å². The Bertz CT molecular complexity index is 679. The molecule has 2 aliphatic rings. The smallest absolute Gasteiger partial charge is 0.265 e. The average Bonchev–Trinajstić information content (AvgIpc) is 3.00. The molecule has 7 nitrogen and oxygen atoms in total. The highest BCUT2D eigenvalue weighted by molar-refractivity contribution is 6.31. The summed E-state index contributed by atoms with van der Waals surface area (Å²) in [5.74, 6) is -0.743. The Hall–Kier alpha value is -2.28. The Labute approximate surface area is 137 Å². The fourth-order valence-electron chi connectivity index (χ4n) is 2.80. The summed E-state index contributed by atoms with van der Waals surface area (Å²) in [6, 6.07) is 4.92. The van der Waals surface area contributed by atoms with Gasteiger partial charge >= 0.3 is 0 Å². The van der Waals surface area contributed by atoms with E-state index >= 15 is 0 Å². The fourth-order valence-corrected chi connectivity index (χ4v) is 2.97. The van der Waals surface area contributed by atoms with Crippen molar-refractivity contribution in [2.45, 2.75) is 6.42 Å². The molecular weight excluding hydrogens is 322 g/mol. The molecule has 23 heavy (non-hydrogen) atoms. The molecule has 1 aromatic rings. The van der Waals surface area contributed by atoms with Crippen molar-refractivity contribution >= 4 is 35.0 Å². The van der Waals surface area contributed by atoms with Gasteiger partial charge in [0.05, 0.1) is 11.6 Å². The standard InChI is InChI=1S/C15H16ClN3O4/c16-10-1-2-12-11(5-10)19(14(21)8-23-12)7-13(20)18-4-3-9(6-18)15(17)22/h1-2,5,9H,3-4,6-8H2,(H2,17,22)/t9-/m0/s1. The second-order valence-corrected chi connectivity index (χ2v) is 6.04. The maximum atomic E-state index is 12.4. The van der Waals surface area contributed by atoms with Gasteiger partial charge in [-0.05, 0) is 24.6 Å². The van der Waals surface area contributed by atoms with Gasteiger partial charge in [0.25, 0.3) is 5.91 Å². The van der Waals surface area contributed by atoms with Crippen LogP contribution in [0, 0.1) is 5.92 Å². The molecule has 0 aromatic heterocycles. The van der Waals surface area contributed by atoms with Gasteiger partial charge in [0.15, 0.2) is 6.61 Å². The zero-order valence-electron chi connectivity index (χ0n) is 12.3. The molecular formula is C15H16ClN3O4. The van der Waals surface area contributed by atoms with E-state index < -0.39 is 5.91 Å². The van der Waals surface area contributed by atoms with Crippen molar-refractivity contribution < 1.29 is 19.1 Å². The summed E-state index contributed by atoms with van der Waals surface area (Å²) in [5.41, 5.74) is 5.75. The summed E-state index contributed by atoms with van der Waals surface area (Å²) in [5, 5.41) is 0.453. The molecule has 3 amide bonds. The van der Waals surface area contributed by atoms with Crippen LogP contribution < -0.4 is 15.4 Å². The van der Waals surface area contributed by atoms with Crippen LogP contribution in [0.1, 0.15) is 6.42 Å². The molecule has 1 aromatic carbocycles. The maximum Gasteiger partial charge on any atom is 0.265 e. The molecule has 0 unspecified atom stereocenters. The minimum Gasteiger partial charge on any atom is -0.482 e. The number of anilines is 1. The predicted octanol–water partition coefficient (Wildman–Crippen LogP) is 0.399. The van der Waals surface area contributed by atoms with E-state index in [1.165, 1.54) is 4.90 Å². The second kappa shape index (κ2) is 6.08. The number of nitrogens with zero attached hydrogens (tertiary/aromatic N) is 2. The summed E-state index contributed by atoms with van der Waals surface area (Å²) in [4.78, 5) is 38.7. The van der Waals surface area contributed by atoms with Crippen molar-refractivity contribution in [3.8, 4) is 5.75 Å². The zero-order valence-corrected chi connectivity index (χ0v) is 13.1. The van der Waals surface area contributed by atoms with Crippen molar-refractivity contribution in [3.05, 3.63) is 23.2 Å². The van der Waals surface area contributed by atoms with Crippen LogP contribution in [-0.4, -0.2) is 48.9 Å². The minimum atomic E-state index is -0.403. The molecule has 1 atom stereocenters. The van der Waals surface area contributed by atoms with E-state index in [9.17, 15) is 14.4 Å². The Morgan fingerprint density at radius 3 is 2.87 bits per heavy atom. The van der Waals surface area contributed by atoms with Crippen LogP contribution in [0.15, 0.2) is 18.2 Å². The van der Waals surface area contributed by atoms with Crippen LogP contribution in [0.5, 0.6) is 5.75 Å². The number of ether oxygens (including phenoxy) is 1. The fraction of sp³-hybridized carbons (Fsp3) is 0.400. The number of hydrogen-bond acceptors (Lipinski definition) is 4. The average molecular weight is 338 g/mol. The van der Waals surface area contributed by atoms with Gasteiger partial charge in [0.1, 0.15) is 12.3 Å². The molecule has 3 rings (SSSR count). The van der Waals surface area contributed by atoms with Crippen LogP contribution in [0.25, 0.3) is 0 Å². The van der Waals surface area contributed by atoms with Crippen LogP contribution in [0.2, 0.25) is 5.02 Å². The molecule has 0 spiro atoms. The normalized spacial score (nSPS) is 20.2. The van der Waals surface area contributed by atoms with Crippen molar-refractivity contribution in [2.24, 2.45) is 11.7 Å². The van der Waals surface area contributed by atoms with Gasteiger partial charge in [-0.3, -0.25) is 19.3 Å². The first kappa shape index (κ1) is 15.6. The lowest BCUT2D eigenvalue weighted by atomic mass is 10.1. The molecule has 0 bridgehead atoms. The molecule has 1 saturated heterocycles. The topological polar surface area (TPSA) is 92.9 Å². The van der Waals surface area contributed by atoms with Gasteiger partial charge in [0.2, 0.25) is 11.8 Å². The highest BCUT2D eigenvalue weighted by Crippen LogP contribution is 2.34. The van der Waals surface area contributed by atoms with E-state index in [1.807, 2.05) is 0 Å². The molecule has 2 aliphatic heterocycles. The molecule has 1 fully saturated rings. The summed E-state index contributed by atoms with van der Waals surface area (Å²) < 4.78 is 5.34. The van der Waals surface area contributed by atoms with Crippen molar-refractivity contribution in [2.75, 3.05) is 31.1 Å². The maximum absolute atomic E-state index is 12.4. The van der Waals surface area contributed by atoms with Gasteiger partial charge in [-0.15, -0.1) is 0 Å². The third kappa shape index (κ3) is 3.10. The van der Waals surface area contributed by atoms with Crippen LogP contribution >= 0.6 is 11.6 Å². The van der Waals surface area contributed by atoms with E-state index in [-0.39, 0.29) is 30.9 Å². The van der Waals surface area contributed by atoms with E-state index in [1.54, 1.807) is 23.1 Å². The molecule has 0 aliphatic carbocycles. The molecule has 2 heterocycles. The molecule has 0 radical (unpaired) electrons. The summed E-state index contributed by atoms with van der Waals surface area (Å²) in [7, 11) is 0. The van der Waals surface area contributed by atoms with Gasteiger partial charge in [-0.25, -0.2) is 0 Å². The number of fused-ring (bicyclic) bond motifs is 1. The number of amides is 3. The number of carbonyl (C=O) groups excluding carboxylic acids is 3. The molecule has 122 valence electrons. The highest BCUT2D eigenvalue weighted by atomic mass is 35.5. The first-order chi connectivity index (χ1) is 11.0. The number of carbonyl (C=O) groups is 3. The largest absolute Gasteiger partial charge is 0.482 e. The number of primary amides is 1. The number of benzene rings is 1. The van der Waals surface area contributed by atoms with Gasteiger partial charge in [0, 0.05) is 18.1 Å². The lowest BCUT2D eigenvalue weighted by Gasteiger charge is -2.30. The third-order valence-electron chi connectivity index (χ3n) is 4.10. The van der Waals surface area contributed by atoms with Crippen molar-refractivity contribution in [1.82, 2.24) is 4.90 Å². The Balaban J connectivity index is 1.75. The van der Waals surface area contributed by atoms with Crippen LogP contribution in [-0.2, 0) is 14.4 Å². The summed E-state index contributed by atoms with van der Waals surface area (Å²) in [6.45, 7) is 0.537. The number of halogens is 1. The van der Waals surface area contributed by atoms with E-state index in [0.717, 1.165) is 0 Å². The minimum absolute atomic E-state index is 0.110. The lowest BCUT2D eigenvalue weighted by molar-refractivity contribution is -0.131. The van der Waals surface area contributed by atoms with Crippen LogP contribution in [0.3, 0.4) is 0 Å². The first-order valence-corrected chi connectivity index (χ1v) is 7.63. The Morgan fingerprint density at radius 2 is 2.17 bits per heavy atom. The molecule has 0 saturated carbocycles. The zero-order chi connectivity index (χ0) is 16.6. The number of hydrogen-bond donors (Lipinski definition) is 1. The van der Waals surface area contributed by atoms with Gasteiger partial charge < -0.3 is 15.4 Å². The summed E-state index contributed by atoms with van der Waals surface area (Å²) >= 11 is 5.97. The highest BCUT2D eigenvalue weighted by Gasteiger charge is 2.33. The Morgan fingerprint density at radius 1 is 1.39 bits per heavy atom. The van der Waals surface area contributed by atoms with Gasteiger partial charge in [-0.2, -0.15) is 0 Å². The third-order valence-corrected chi connectivity index (χ3v) is 4.34. The first-order valence-electron chi connectivity index (χ1n) is 7.25. The number of rotatable bonds is 3. The summed E-state index contributed by atoms with van der Waals surface area (Å²) in [6.07, 6.45) is 0.556. The number of likely N-dealkylation sites (tertiary alicyclic amines) is 1. The number of nitrogens with two attached hydrogens (primary N) is 1. The monoisotopic (exact) mass is 337 g/mol. The predicted molar refractivity (Wildman–Crippen MR) is 83.2 cm³/mol. The van der Waals surface area contributed by atoms with Crippen LogP contribution in [0.4, 0.5) is 5.69 Å². The second-order valence-electron chi connectivity index (χ2n) is 5.61. The van der Waals surface area contributed by atoms with E-state index in [4.69, 9.17) is 22.1 Å². The van der Waals surface area contributed by atoms with E-state index in [0.29, 0.717) is 36.0 Å². The SMILES string of the molecule is NC(=O)[C@H]1CCN(C(=O)CN2C(=O)COc3ccc(Cl)cc32)C1. The quantitative estimate of drug-likeness (QED) is 0.864.